The van der Waals surface area contributed by atoms with Crippen molar-refractivity contribution < 1.29 is 14.3 Å². The molecule has 1 amide bonds. The molecule has 2 aromatic carbocycles. The Morgan fingerprint density at radius 2 is 1.91 bits per heavy atom. The van der Waals surface area contributed by atoms with Gasteiger partial charge < -0.3 is 14.8 Å². The summed E-state index contributed by atoms with van der Waals surface area (Å²) in [6, 6.07) is 11.0. The number of halogens is 2. The first-order valence-electron chi connectivity index (χ1n) is 6.53. The highest BCUT2D eigenvalue weighted by molar-refractivity contribution is 6.44. The third kappa shape index (κ3) is 2.88. The summed E-state index contributed by atoms with van der Waals surface area (Å²) >= 11 is 11.9. The Balaban J connectivity index is 2.03. The number of aromatic hydroxyl groups is 1. The summed E-state index contributed by atoms with van der Waals surface area (Å²) in [6.07, 6.45) is 0. The van der Waals surface area contributed by atoms with Crippen molar-refractivity contribution in [2.75, 3.05) is 5.32 Å². The van der Waals surface area contributed by atoms with E-state index in [1.54, 1.807) is 30.3 Å². The average Bonchev–Trinajstić information content (AvgIpc) is 2.52. The van der Waals surface area contributed by atoms with Gasteiger partial charge in [-0.2, -0.15) is 0 Å². The highest BCUT2D eigenvalue weighted by Crippen LogP contribution is 2.30. The minimum atomic E-state index is -0.562. The van der Waals surface area contributed by atoms with Crippen molar-refractivity contribution in [3.05, 3.63) is 63.6 Å². The fourth-order valence-electron chi connectivity index (χ4n) is 2.10. The van der Waals surface area contributed by atoms with Crippen molar-refractivity contribution in [2.24, 2.45) is 0 Å². The minimum Gasteiger partial charge on any atom is -0.504 e. The predicted octanol–water partition coefficient (Wildman–Crippen LogP) is 4.18. The minimum absolute atomic E-state index is 0.0131. The van der Waals surface area contributed by atoms with Crippen LogP contribution in [0, 0.1) is 5.41 Å². The number of hydrogen-bond donors (Lipinski definition) is 3. The molecule has 1 aromatic heterocycles. The number of nitrogens with one attached hydrogen (secondary N) is 2. The van der Waals surface area contributed by atoms with E-state index >= 15 is 0 Å². The van der Waals surface area contributed by atoms with Gasteiger partial charge in [0.15, 0.2) is 11.3 Å². The molecule has 0 fully saturated rings. The Morgan fingerprint density at radius 3 is 2.70 bits per heavy atom. The van der Waals surface area contributed by atoms with E-state index in [1.165, 1.54) is 12.1 Å². The van der Waals surface area contributed by atoms with E-state index in [0.717, 1.165) is 0 Å². The first kappa shape index (κ1) is 15.4. The summed E-state index contributed by atoms with van der Waals surface area (Å²) in [5.74, 6) is -0.658. The van der Waals surface area contributed by atoms with Crippen molar-refractivity contribution in [1.82, 2.24) is 0 Å². The van der Waals surface area contributed by atoms with Gasteiger partial charge in [-0.25, -0.2) is 0 Å². The SMILES string of the molecule is N=c1oc2c(O)cccc2cc1C(=O)Nc1cccc(Cl)c1Cl. The normalized spacial score (nSPS) is 10.7. The van der Waals surface area contributed by atoms with Gasteiger partial charge >= 0.3 is 0 Å². The summed E-state index contributed by atoms with van der Waals surface area (Å²) in [6.45, 7) is 0. The number of fused-ring (bicyclic) bond motifs is 1. The van der Waals surface area contributed by atoms with Crippen molar-refractivity contribution in [2.45, 2.75) is 0 Å². The van der Waals surface area contributed by atoms with E-state index in [9.17, 15) is 9.90 Å². The Hall–Kier alpha value is -2.50. The van der Waals surface area contributed by atoms with E-state index < -0.39 is 5.91 Å². The number of para-hydroxylation sites is 1. The smallest absolute Gasteiger partial charge is 0.261 e. The van der Waals surface area contributed by atoms with Crippen LogP contribution in [0.15, 0.2) is 46.9 Å². The maximum absolute atomic E-state index is 12.4. The molecule has 5 nitrogen and oxygen atoms in total. The van der Waals surface area contributed by atoms with Gasteiger partial charge in [0.1, 0.15) is 5.56 Å². The van der Waals surface area contributed by atoms with Gasteiger partial charge in [0.25, 0.3) is 5.91 Å². The van der Waals surface area contributed by atoms with Crippen LogP contribution in [0.1, 0.15) is 10.4 Å². The van der Waals surface area contributed by atoms with Gasteiger partial charge in [-0.05, 0) is 24.3 Å². The molecular formula is C16H10Cl2N2O3. The van der Waals surface area contributed by atoms with E-state index in [4.69, 9.17) is 33.0 Å². The largest absolute Gasteiger partial charge is 0.504 e. The molecule has 0 unspecified atom stereocenters. The zero-order valence-corrected chi connectivity index (χ0v) is 13.1. The highest BCUT2D eigenvalue weighted by Gasteiger charge is 2.15. The molecule has 0 atom stereocenters. The fourth-order valence-corrected chi connectivity index (χ4v) is 2.45. The van der Waals surface area contributed by atoms with Crippen LogP contribution >= 0.6 is 23.2 Å². The number of phenols is 1. The van der Waals surface area contributed by atoms with Gasteiger partial charge in [-0.1, -0.05) is 41.4 Å². The van der Waals surface area contributed by atoms with Crippen LogP contribution in [0.3, 0.4) is 0 Å². The maximum atomic E-state index is 12.4. The second kappa shape index (κ2) is 5.95. The number of phenolic OH excluding ortho intramolecular Hbond substituents is 1. The Bertz CT molecular complexity index is 983. The molecule has 23 heavy (non-hydrogen) atoms. The Morgan fingerprint density at radius 1 is 1.17 bits per heavy atom. The van der Waals surface area contributed by atoms with Gasteiger partial charge in [0.2, 0.25) is 5.55 Å². The van der Waals surface area contributed by atoms with Crippen LogP contribution in [0.25, 0.3) is 11.0 Å². The number of amides is 1. The van der Waals surface area contributed by atoms with E-state index in [1.807, 2.05) is 0 Å². The topological polar surface area (TPSA) is 86.3 Å². The molecule has 0 saturated carbocycles. The number of rotatable bonds is 2. The lowest BCUT2D eigenvalue weighted by atomic mass is 10.1. The molecule has 0 aliphatic rings. The van der Waals surface area contributed by atoms with Crippen LogP contribution in [-0.4, -0.2) is 11.0 Å². The molecule has 0 bridgehead atoms. The average molecular weight is 349 g/mol. The summed E-state index contributed by atoms with van der Waals surface area (Å²) in [5.41, 5.74) is 0.128. The number of hydrogen-bond acceptors (Lipinski definition) is 4. The van der Waals surface area contributed by atoms with Crippen molar-refractivity contribution in [3.8, 4) is 5.75 Å². The standard InChI is InChI=1S/C16H10Cl2N2O3/c17-10-4-2-5-11(13(10)18)20-16(22)9-7-8-3-1-6-12(21)14(8)23-15(9)19/h1-7,19,21H,(H,20,22). The lowest BCUT2D eigenvalue weighted by Gasteiger charge is -2.09. The Labute approximate surface area is 140 Å². The van der Waals surface area contributed by atoms with E-state index in [2.05, 4.69) is 5.32 Å². The van der Waals surface area contributed by atoms with Crippen LogP contribution in [0.2, 0.25) is 10.0 Å². The molecule has 0 aliphatic heterocycles. The summed E-state index contributed by atoms with van der Waals surface area (Å²) in [7, 11) is 0. The first-order valence-corrected chi connectivity index (χ1v) is 7.29. The molecule has 3 N–H and O–H groups in total. The van der Waals surface area contributed by atoms with Crippen LogP contribution in [-0.2, 0) is 0 Å². The highest BCUT2D eigenvalue weighted by atomic mass is 35.5. The monoisotopic (exact) mass is 348 g/mol. The third-order valence-corrected chi connectivity index (χ3v) is 4.04. The quantitative estimate of drug-likeness (QED) is 0.649. The van der Waals surface area contributed by atoms with Gasteiger partial charge in [0, 0.05) is 5.39 Å². The summed E-state index contributed by atoms with van der Waals surface area (Å²) in [4.78, 5) is 12.4. The molecule has 0 saturated heterocycles. The molecule has 7 heteroatoms. The lowest BCUT2D eigenvalue weighted by Crippen LogP contribution is -2.21. The Kier molecular flexibility index (Phi) is 3.98. The van der Waals surface area contributed by atoms with Crippen molar-refractivity contribution >= 4 is 45.8 Å². The fraction of sp³-hybridized carbons (Fsp3) is 0. The van der Waals surface area contributed by atoms with E-state index in [0.29, 0.717) is 16.1 Å². The van der Waals surface area contributed by atoms with Gasteiger partial charge in [-0.15, -0.1) is 0 Å². The van der Waals surface area contributed by atoms with Crippen molar-refractivity contribution in [3.63, 3.8) is 0 Å². The number of anilines is 1. The van der Waals surface area contributed by atoms with E-state index in [-0.39, 0.29) is 27.5 Å². The summed E-state index contributed by atoms with van der Waals surface area (Å²) < 4.78 is 5.23. The molecule has 1 heterocycles. The zero-order valence-electron chi connectivity index (χ0n) is 11.6. The molecule has 3 rings (SSSR count). The number of benzene rings is 2. The lowest BCUT2D eigenvalue weighted by molar-refractivity contribution is 0.102. The second-order valence-corrected chi connectivity index (χ2v) is 5.53. The van der Waals surface area contributed by atoms with Gasteiger partial charge in [0.05, 0.1) is 15.7 Å². The molecule has 0 radical (unpaired) electrons. The number of carbonyl (C=O) groups excluding carboxylic acids is 1. The molecular weight excluding hydrogens is 339 g/mol. The van der Waals surface area contributed by atoms with Crippen molar-refractivity contribution in [1.29, 1.82) is 5.41 Å². The van der Waals surface area contributed by atoms with Gasteiger partial charge in [-0.3, -0.25) is 10.2 Å². The number of carbonyl (C=O) groups is 1. The van der Waals surface area contributed by atoms with Crippen LogP contribution in [0.5, 0.6) is 5.75 Å². The molecule has 116 valence electrons. The third-order valence-electron chi connectivity index (χ3n) is 3.22. The maximum Gasteiger partial charge on any atom is 0.261 e. The zero-order chi connectivity index (χ0) is 16.6. The second-order valence-electron chi connectivity index (χ2n) is 4.74. The molecule has 3 aromatic rings. The van der Waals surface area contributed by atoms with Crippen LogP contribution in [0.4, 0.5) is 5.69 Å². The molecule has 0 aliphatic carbocycles. The summed E-state index contributed by atoms with van der Waals surface area (Å²) in [5, 5.41) is 21.2. The van der Waals surface area contributed by atoms with Crippen LogP contribution < -0.4 is 10.9 Å². The first-order chi connectivity index (χ1) is 11.0. The molecule has 0 spiro atoms. The predicted molar refractivity (Wildman–Crippen MR) is 88.1 cm³/mol.